The fourth-order valence-electron chi connectivity index (χ4n) is 2.35. The van der Waals surface area contributed by atoms with Gasteiger partial charge in [0.15, 0.2) is 6.61 Å². The van der Waals surface area contributed by atoms with Crippen LogP contribution in [-0.2, 0) is 4.79 Å². The van der Waals surface area contributed by atoms with E-state index >= 15 is 0 Å². The van der Waals surface area contributed by atoms with Crippen molar-refractivity contribution in [3.05, 3.63) is 70.7 Å². The van der Waals surface area contributed by atoms with E-state index in [1.54, 1.807) is 29.2 Å². The van der Waals surface area contributed by atoms with Crippen molar-refractivity contribution in [2.24, 2.45) is 0 Å². The zero-order chi connectivity index (χ0) is 18.5. The molecule has 0 saturated carbocycles. The minimum absolute atomic E-state index is 0.151. The second-order valence-corrected chi connectivity index (χ2v) is 6.43. The molecule has 0 radical (unpaired) electrons. The first-order chi connectivity index (χ1) is 12.5. The molecule has 0 bridgehead atoms. The van der Waals surface area contributed by atoms with E-state index in [1.807, 2.05) is 31.2 Å². The third-order valence-corrected chi connectivity index (χ3v) is 4.25. The van der Waals surface area contributed by atoms with E-state index < -0.39 is 0 Å². The Morgan fingerprint density at radius 3 is 2.69 bits per heavy atom. The van der Waals surface area contributed by atoms with Gasteiger partial charge in [0.05, 0.1) is 16.8 Å². The lowest BCUT2D eigenvalue weighted by atomic mass is 10.1. The number of hydrogen-bond acceptors (Lipinski definition) is 4. The minimum Gasteiger partial charge on any atom is -0.482 e. The van der Waals surface area contributed by atoms with E-state index in [4.69, 9.17) is 27.9 Å². The van der Waals surface area contributed by atoms with Crippen molar-refractivity contribution in [1.82, 2.24) is 20.1 Å². The molecule has 0 spiro atoms. The predicted molar refractivity (Wildman–Crippen MR) is 99.9 cm³/mol. The number of nitrogens with one attached hydrogen (secondary N) is 1. The summed E-state index contributed by atoms with van der Waals surface area (Å²) in [6.07, 6.45) is 3.10. The first-order valence-corrected chi connectivity index (χ1v) is 8.60. The number of aromatic nitrogens is 3. The summed E-state index contributed by atoms with van der Waals surface area (Å²) in [7, 11) is 0. The van der Waals surface area contributed by atoms with Crippen LogP contribution in [0.2, 0.25) is 10.0 Å². The molecule has 0 unspecified atom stereocenters. The Kier molecular flexibility index (Phi) is 5.75. The smallest absolute Gasteiger partial charge is 0.258 e. The van der Waals surface area contributed by atoms with Crippen molar-refractivity contribution < 1.29 is 9.53 Å². The zero-order valence-electron chi connectivity index (χ0n) is 13.9. The molecular formula is C18H16Cl2N4O2. The molecule has 26 heavy (non-hydrogen) atoms. The van der Waals surface area contributed by atoms with Gasteiger partial charge in [-0.05, 0) is 36.8 Å². The second kappa shape index (κ2) is 8.21. The van der Waals surface area contributed by atoms with Crippen molar-refractivity contribution >= 4 is 29.1 Å². The summed E-state index contributed by atoms with van der Waals surface area (Å²) in [5.41, 5.74) is 1.85. The Balaban J connectivity index is 1.56. The van der Waals surface area contributed by atoms with Gasteiger partial charge in [-0.1, -0.05) is 35.3 Å². The van der Waals surface area contributed by atoms with Crippen LogP contribution in [-0.4, -0.2) is 27.3 Å². The van der Waals surface area contributed by atoms with Crippen molar-refractivity contribution in [2.75, 3.05) is 6.61 Å². The number of halogens is 2. The van der Waals surface area contributed by atoms with E-state index in [0.29, 0.717) is 15.8 Å². The molecule has 1 heterocycles. The van der Waals surface area contributed by atoms with Crippen LogP contribution in [0.4, 0.5) is 0 Å². The maximum Gasteiger partial charge on any atom is 0.258 e. The standard InChI is InChI=1S/C18H16Cl2N4O2/c1-12(13-2-5-15(6-3-13)24-11-21-10-22-24)23-18(25)9-26-17-8-14(19)4-7-16(17)20/h2-8,10-12H,9H2,1H3,(H,23,25)/t12-/m1/s1. The number of carbonyl (C=O) groups excluding carboxylic acids is 1. The van der Waals surface area contributed by atoms with Gasteiger partial charge in [0.1, 0.15) is 18.4 Å². The van der Waals surface area contributed by atoms with Crippen LogP contribution in [0.3, 0.4) is 0 Å². The fourth-order valence-corrected chi connectivity index (χ4v) is 2.69. The van der Waals surface area contributed by atoms with Crippen molar-refractivity contribution in [1.29, 1.82) is 0 Å². The summed E-state index contributed by atoms with van der Waals surface area (Å²) in [6, 6.07) is 12.4. The summed E-state index contributed by atoms with van der Waals surface area (Å²) in [5.74, 6) is 0.119. The molecule has 1 amide bonds. The van der Waals surface area contributed by atoms with Crippen LogP contribution in [0.1, 0.15) is 18.5 Å². The number of ether oxygens (including phenoxy) is 1. The molecule has 0 saturated heterocycles. The highest BCUT2D eigenvalue weighted by Gasteiger charge is 2.12. The molecule has 3 rings (SSSR count). The molecule has 0 aliphatic carbocycles. The van der Waals surface area contributed by atoms with Crippen molar-refractivity contribution in [2.45, 2.75) is 13.0 Å². The molecule has 1 N–H and O–H groups in total. The Morgan fingerprint density at radius 2 is 2.00 bits per heavy atom. The van der Waals surface area contributed by atoms with Crippen molar-refractivity contribution in [3.63, 3.8) is 0 Å². The lowest BCUT2D eigenvalue weighted by Gasteiger charge is -2.15. The second-order valence-electron chi connectivity index (χ2n) is 5.58. The highest BCUT2D eigenvalue weighted by atomic mass is 35.5. The van der Waals surface area contributed by atoms with Crippen LogP contribution in [0.5, 0.6) is 5.75 Å². The first-order valence-electron chi connectivity index (χ1n) is 7.85. The van der Waals surface area contributed by atoms with Gasteiger partial charge < -0.3 is 10.1 Å². The number of hydrogen-bond donors (Lipinski definition) is 1. The Hall–Kier alpha value is -2.57. The molecule has 0 aliphatic rings. The van der Waals surface area contributed by atoms with E-state index in [9.17, 15) is 4.79 Å². The number of rotatable bonds is 6. The summed E-state index contributed by atoms with van der Waals surface area (Å²) in [6.45, 7) is 1.75. The predicted octanol–water partition coefficient (Wildman–Crippen LogP) is 3.83. The van der Waals surface area contributed by atoms with Crippen LogP contribution < -0.4 is 10.1 Å². The molecule has 1 aromatic heterocycles. The Morgan fingerprint density at radius 1 is 1.23 bits per heavy atom. The average Bonchev–Trinajstić information content (AvgIpc) is 3.17. The Labute approximate surface area is 160 Å². The fraction of sp³-hybridized carbons (Fsp3) is 0.167. The minimum atomic E-state index is -0.256. The van der Waals surface area contributed by atoms with Crippen LogP contribution in [0.15, 0.2) is 55.1 Å². The molecule has 134 valence electrons. The summed E-state index contributed by atoms with van der Waals surface area (Å²) in [5, 5.41) is 7.85. The lowest BCUT2D eigenvalue weighted by molar-refractivity contribution is -0.123. The summed E-state index contributed by atoms with van der Waals surface area (Å²) < 4.78 is 7.10. The maximum absolute atomic E-state index is 12.1. The highest BCUT2D eigenvalue weighted by molar-refractivity contribution is 6.34. The average molecular weight is 391 g/mol. The molecule has 0 aliphatic heterocycles. The normalized spacial score (nSPS) is 11.8. The first kappa shape index (κ1) is 18.2. The van der Waals surface area contributed by atoms with E-state index in [-0.39, 0.29) is 18.6 Å². The number of nitrogens with zero attached hydrogens (tertiary/aromatic N) is 3. The van der Waals surface area contributed by atoms with Gasteiger partial charge >= 0.3 is 0 Å². The van der Waals surface area contributed by atoms with Gasteiger partial charge in [-0.15, -0.1) is 0 Å². The van der Waals surface area contributed by atoms with Crippen LogP contribution in [0, 0.1) is 0 Å². The maximum atomic E-state index is 12.1. The highest BCUT2D eigenvalue weighted by Crippen LogP contribution is 2.27. The SMILES string of the molecule is C[C@@H](NC(=O)COc1cc(Cl)ccc1Cl)c1ccc(-n2cncn2)cc1. The largest absolute Gasteiger partial charge is 0.482 e. The molecule has 1 atom stereocenters. The van der Waals surface area contributed by atoms with E-state index in [1.165, 1.54) is 6.33 Å². The number of carbonyl (C=O) groups is 1. The van der Waals surface area contributed by atoms with E-state index in [2.05, 4.69) is 15.4 Å². The number of amides is 1. The summed E-state index contributed by atoms with van der Waals surface area (Å²) in [4.78, 5) is 16.0. The third-order valence-electron chi connectivity index (χ3n) is 3.71. The van der Waals surface area contributed by atoms with Crippen molar-refractivity contribution in [3.8, 4) is 11.4 Å². The molecular weight excluding hydrogens is 375 g/mol. The monoisotopic (exact) mass is 390 g/mol. The lowest BCUT2D eigenvalue weighted by Crippen LogP contribution is -2.31. The quantitative estimate of drug-likeness (QED) is 0.694. The topological polar surface area (TPSA) is 69.0 Å². The van der Waals surface area contributed by atoms with Gasteiger partial charge in [-0.25, -0.2) is 9.67 Å². The molecule has 2 aromatic carbocycles. The van der Waals surface area contributed by atoms with Gasteiger partial charge in [-0.2, -0.15) is 5.10 Å². The number of benzene rings is 2. The van der Waals surface area contributed by atoms with Crippen LogP contribution in [0.25, 0.3) is 5.69 Å². The zero-order valence-corrected chi connectivity index (χ0v) is 15.4. The molecule has 3 aromatic rings. The van der Waals surface area contributed by atoms with Gasteiger partial charge in [0.25, 0.3) is 5.91 Å². The molecule has 8 heteroatoms. The third kappa shape index (κ3) is 4.53. The van der Waals surface area contributed by atoms with Crippen LogP contribution >= 0.6 is 23.2 Å². The molecule has 0 fully saturated rings. The summed E-state index contributed by atoms with van der Waals surface area (Å²) >= 11 is 11.9. The molecule has 6 nitrogen and oxygen atoms in total. The van der Waals surface area contributed by atoms with E-state index in [0.717, 1.165) is 11.3 Å². The van der Waals surface area contributed by atoms with Gasteiger partial charge in [-0.3, -0.25) is 4.79 Å². The Bertz CT molecular complexity index is 883. The van der Waals surface area contributed by atoms with Gasteiger partial charge in [0, 0.05) is 11.1 Å². The van der Waals surface area contributed by atoms with Gasteiger partial charge in [0.2, 0.25) is 0 Å².